The van der Waals surface area contributed by atoms with Crippen LogP contribution in [0.3, 0.4) is 0 Å². The highest BCUT2D eigenvalue weighted by molar-refractivity contribution is 5.77. The van der Waals surface area contributed by atoms with Crippen molar-refractivity contribution in [3.63, 3.8) is 0 Å². The van der Waals surface area contributed by atoms with Gasteiger partial charge in [-0.3, -0.25) is 9.59 Å². The number of likely N-dealkylation sites (N-methyl/N-ethyl adjacent to an activating group) is 2. The van der Waals surface area contributed by atoms with E-state index in [1.807, 2.05) is 60.7 Å². The highest BCUT2D eigenvalue weighted by atomic mass is 16.6. The zero-order valence-electron chi connectivity index (χ0n) is 19.1. The minimum absolute atomic E-state index is 0.0770. The Labute approximate surface area is 195 Å². The van der Waals surface area contributed by atoms with Crippen molar-refractivity contribution in [1.82, 2.24) is 10.6 Å². The molecule has 0 radical (unpaired) electrons. The molecule has 1 saturated carbocycles. The van der Waals surface area contributed by atoms with Gasteiger partial charge in [0.25, 0.3) is 0 Å². The van der Waals surface area contributed by atoms with Gasteiger partial charge in [0.1, 0.15) is 24.3 Å². The fourth-order valence-electron chi connectivity index (χ4n) is 4.78. The van der Waals surface area contributed by atoms with Crippen molar-refractivity contribution in [2.24, 2.45) is 11.8 Å². The smallest absolute Gasteiger partial charge is 0.323 e. The summed E-state index contributed by atoms with van der Waals surface area (Å²) in [5, 5.41) is 6.14. The van der Waals surface area contributed by atoms with Gasteiger partial charge < -0.3 is 20.1 Å². The molecule has 2 N–H and O–H groups in total. The molecule has 6 nitrogen and oxygen atoms in total. The van der Waals surface area contributed by atoms with Crippen LogP contribution < -0.4 is 10.6 Å². The van der Waals surface area contributed by atoms with Gasteiger partial charge in [-0.2, -0.15) is 0 Å². The number of esters is 2. The quantitative estimate of drug-likeness (QED) is 0.430. The number of fused-ring (bicyclic) bond motifs is 2. The number of carbonyl (C=O) groups is 2. The van der Waals surface area contributed by atoms with Crippen molar-refractivity contribution < 1.29 is 19.1 Å². The van der Waals surface area contributed by atoms with Gasteiger partial charge in [0.2, 0.25) is 0 Å². The summed E-state index contributed by atoms with van der Waals surface area (Å²) in [5.41, 5.74) is 2.12. The Morgan fingerprint density at radius 3 is 1.52 bits per heavy atom. The minimum atomic E-state index is -0.463. The summed E-state index contributed by atoms with van der Waals surface area (Å²) in [7, 11) is 3.52. The van der Waals surface area contributed by atoms with E-state index in [-0.39, 0.29) is 23.8 Å². The van der Waals surface area contributed by atoms with Crippen molar-refractivity contribution in [2.75, 3.05) is 14.1 Å². The molecule has 2 aromatic rings. The predicted molar refractivity (Wildman–Crippen MR) is 126 cm³/mol. The molecule has 2 unspecified atom stereocenters. The normalized spacial score (nSPS) is 24.9. The largest absolute Gasteiger partial charge is 0.457 e. The number of carbonyl (C=O) groups excluding carboxylic acids is 2. The van der Waals surface area contributed by atoms with Crippen LogP contribution >= 0.6 is 0 Å². The molecule has 0 amide bonds. The summed E-state index contributed by atoms with van der Waals surface area (Å²) in [4.78, 5) is 26.0. The van der Waals surface area contributed by atoms with Crippen LogP contribution in [-0.2, 0) is 31.9 Å². The van der Waals surface area contributed by atoms with Crippen molar-refractivity contribution >= 4 is 11.9 Å². The molecule has 6 heteroatoms. The van der Waals surface area contributed by atoms with Crippen LogP contribution in [0.2, 0.25) is 0 Å². The van der Waals surface area contributed by atoms with Crippen LogP contribution in [0.5, 0.6) is 0 Å². The fraction of sp³-hybridized carbons (Fsp3) is 0.407. The number of ether oxygens (including phenoxy) is 2. The predicted octanol–water partition coefficient (Wildman–Crippen LogP) is 2.68. The maximum absolute atomic E-state index is 13.0. The number of rotatable bonds is 10. The lowest BCUT2D eigenvalue weighted by atomic mass is 10.00. The van der Waals surface area contributed by atoms with E-state index in [1.165, 1.54) is 0 Å². The maximum atomic E-state index is 13.0. The summed E-state index contributed by atoms with van der Waals surface area (Å²) >= 11 is 0. The fourth-order valence-corrected chi connectivity index (χ4v) is 4.78. The Morgan fingerprint density at radius 2 is 1.15 bits per heavy atom. The van der Waals surface area contributed by atoms with E-state index < -0.39 is 24.3 Å². The van der Waals surface area contributed by atoms with Crippen molar-refractivity contribution in [3.8, 4) is 0 Å². The molecule has 4 rings (SSSR count). The van der Waals surface area contributed by atoms with Gasteiger partial charge in [-0.25, -0.2) is 0 Å². The van der Waals surface area contributed by atoms with Crippen LogP contribution in [0.25, 0.3) is 0 Å². The second-order valence-electron chi connectivity index (χ2n) is 8.81. The maximum Gasteiger partial charge on any atom is 0.323 e. The van der Waals surface area contributed by atoms with Crippen molar-refractivity contribution in [2.45, 2.75) is 43.6 Å². The zero-order chi connectivity index (χ0) is 23.2. The van der Waals surface area contributed by atoms with Gasteiger partial charge in [0, 0.05) is 11.8 Å². The van der Waals surface area contributed by atoms with E-state index in [4.69, 9.17) is 9.47 Å². The average Bonchev–Trinajstić information content (AvgIpc) is 3.45. The molecule has 0 spiro atoms. The second-order valence-corrected chi connectivity index (χ2v) is 8.81. The molecule has 0 aliphatic heterocycles. The van der Waals surface area contributed by atoms with Crippen molar-refractivity contribution in [3.05, 3.63) is 83.9 Å². The van der Waals surface area contributed by atoms with Crippen LogP contribution in [0.4, 0.5) is 0 Å². The van der Waals surface area contributed by atoms with E-state index in [2.05, 4.69) is 22.8 Å². The third kappa shape index (κ3) is 5.52. The van der Waals surface area contributed by atoms with Gasteiger partial charge in [0.15, 0.2) is 0 Å². The molecule has 6 atom stereocenters. The van der Waals surface area contributed by atoms with Crippen LogP contribution in [0, 0.1) is 11.8 Å². The van der Waals surface area contributed by atoms with E-state index in [9.17, 15) is 9.59 Å². The molecule has 174 valence electrons. The lowest BCUT2D eigenvalue weighted by molar-refractivity contribution is -0.171. The highest BCUT2D eigenvalue weighted by Crippen LogP contribution is 2.43. The first kappa shape index (κ1) is 23.2. The minimum Gasteiger partial charge on any atom is -0.457 e. The van der Waals surface area contributed by atoms with E-state index in [0.717, 1.165) is 17.5 Å². The molecule has 0 heterocycles. The number of benzene rings is 2. The van der Waals surface area contributed by atoms with Gasteiger partial charge in [-0.05, 0) is 44.5 Å². The topological polar surface area (TPSA) is 76.7 Å². The number of nitrogens with one attached hydrogen (secondary N) is 2. The molecule has 33 heavy (non-hydrogen) atoms. The summed E-state index contributed by atoms with van der Waals surface area (Å²) in [5.74, 6) is -0.480. The Balaban J connectivity index is 1.40. The molecule has 2 aromatic carbocycles. The lowest BCUT2D eigenvalue weighted by Crippen LogP contribution is -2.46. The Kier molecular flexibility index (Phi) is 7.57. The monoisotopic (exact) mass is 448 g/mol. The molecule has 0 aromatic heterocycles. The van der Waals surface area contributed by atoms with E-state index >= 15 is 0 Å². The average molecular weight is 449 g/mol. The Morgan fingerprint density at radius 1 is 0.758 bits per heavy atom. The van der Waals surface area contributed by atoms with E-state index in [0.29, 0.717) is 12.8 Å². The Bertz CT molecular complexity index is 885. The van der Waals surface area contributed by atoms with Crippen LogP contribution in [-0.4, -0.2) is 50.3 Å². The second kappa shape index (κ2) is 10.8. The third-order valence-corrected chi connectivity index (χ3v) is 6.65. The number of hydrogen-bond donors (Lipinski definition) is 2. The van der Waals surface area contributed by atoms with Crippen molar-refractivity contribution in [1.29, 1.82) is 0 Å². The molecular formula is C27H32N2O4. The van der Waals surface area contributed by atoms with E-state index in [1.54, 1.807) is 14.1 Å². The highest BCUT2D eigenvalue weighted by Gasteiger charge is 2.50. The first-order valence-corrected chi connectivity index (χ1v) is 11.6. The summed E-state index contributed by atoms with van der Waals surface area (Å²) < 4.78 is 11.9. The molecule has 2 aliphatic carbocycles. The van der Waals surface area contributed by atoms with Gasteiger partial charge in [-0.15, -0.1) is 0 Å². The summed E-state index contributed by atoms with van der Waals surface area (Å²) in [6, 6.07) is 18.8. The Hall–Kier alpha value is -2.96. The first-order valence-electron chi connectivity index (χ1n) is 11.6. The summed E-state index contributed by atoms with van der Waals surface area (Å²) in [6.45, 7) is 0. The molecular weight excluding hydrogens is 416 g/mol. The molecule has 0 saturated heterocycles. The third-order valence-electron chi connectivity index (χ3n) is 6.65. The molecule has 2 aliphatic rings. The van der Waals surface area contributed by atoms with Crippen LogP contribution in [0.15, 0.2) is 72.8 Å². The number of hydrogen-bond acceptors (Lipinski definition) is 6. The SMILES string of the molecule is CN[C@@H](Cc1ccccc1)C(=O)O[C@@H]1C2C=CC(C2)[C@@H]1OC(=O)[C@H](Cc1ccccc1)NC. The van der Waals surface area contributed by atoms with Gasteiger partial charge in [0.05, 0.1) is 0 Å². The molecule has 1 fully saturated rings. The van der Waals surface area contributed by atoms with Crippen LogP contribution in [0.1, 0.15) is 17.5 Å². The summed E-state index contributed by atoms with van der Waals surface area (Å²) in [6.07, 6.45) is 5.15. The molecule has 2 bridgehead atoms. The van der Waals surface area contributed by atoms with Gasteiger partial charge in [-0.1, -0.05) is 72.8 Å². The standard InChI is InChI=1S/C27H32N2O4/c1-28-22(15-18-9-5-3-6-10-18)26(30)32-24-20-13-14-21(17-20)25(24)33-27(31)23(29-2)16-19-11-7-4-8-12-19/h3-14,20-25,28-29H,15-17H2,1-2H3/t20?,21?,22-,23-,24-,25+/m0/s1. The lowest BCUT2D eigenvalue weighted by Gasteiger charge is -2.30. The van der Waals surface area contributed by atoms with Gasteiger partial charge >= 0.3 is 11.9 Å². The zero-order valence-corrected chi connectivity index (χ0v) is 19.1. The first-order chi connectivity index (χ1) is 16.1.